The molecule has 0 spiro atoms. The molecule has 0 aromatic heterocycles. The molecule has 0 aromatic rings. The molecule has 1 aliphatic carbocycles. The predicted octanol–water partition coefficient (Wildman–Crippen LogP) is 2.59. The lowest BCUT2D eigenvalue weighted by atomic mass is 9.89. The monoisotopic (exact) mass is 240 g/mol. The molecule has 3 N–H and O–H groups in total. The van der Waals surface area contributed by atoms with Crippen molar-refractivity contribution in [3.8, 4) is 0 Å². The first kappa shape index (κ1) is 14.5. The Balaban J connectivity index is 2.44. The second kappa shape index (κ2) is 7.70. The summed E-state index contributed by atoms with van der Waals surface area (Å²) in [5.74, 6) is 0.426. The van der Waals surface area contributed by atoms with Crippen molar-refractivity contribution in [2.45, 2.75) is 77.3 Å². The Hall–Kier alpha value is -0.570. The lowest BCUT2D eigenvalue weighted by molar-refractivity contribution is -0.126. The lowest BCUT2D eigenvalue weighted by Gasteiger charge is -2.30. The van der Waals surface area contributed by atoms with Crippen molar-refractivity contribution in [3.63, 3.8) is 0 Å². The highest BCUT2D eigenvalue weighted by Crippen LogP contribution is 2.19. The van der Waals surface area contributed by atoms with E-state index in [1.165, 1.54) is 12.8 Å². The van der Waals surface area contributed by atoms with Gasteiger partial charge in [-0.1, -0.05) is 39.5 Å². The molecule has 3 nitrogen and oxygen atoms in total. The van der Waals surface area contributed by atoms with Crippen molar-refractivity contribution in [2.24, 2.45) is 11.7 Å². The summed E-state index contributed by atoms with van der Waals surface area (Å²) in [6, 6.07) is 0.379. The van der Waals surface area contributed by atoms with Crippen LogP contribution in [-0.4, -0.2) is 18.0 Å². The highest BCUT2D eigenvalue weighted by atomic mass is 16.1. The van der Waals surface area contributed by atoms with Crippen LogP contribution >= 0.6 is 0 Å². The molecule has 1 saturated carbocycles. The van der Waals surface area contributed by atoms with Gasteiger partial charge in [0.2, 0.25) is 5.91 Å². The SMILES string of the molecule is CCCC(CCC)C(=O)N[C@@H]1CCCC[C@H]1N. The minimum absolute atomic E-state index is 0.164. The third-order valence-electron chi connectivity index (χ3n) is 3.79. The Morgan fingerprint density at radius 2 is 1.82 bits per heavy atom. The van der Waals surface area contributed by atoms with Gasteiger partial charge in [-0.05, 0) is 25.7 Å². The Morgan fingerprint density at radius 1 is 1.24 bits per heavy atom. The van der Waals surface area contributed by atoms with Crippen LogP contribution in [-0.2, 0) is 4.79 Å². The Morgan fingerprint density at radius 3 is 2.35 bits per heavy atom. The van der Waals surface area contributed by atoms with Crippen LogP contribution in [0.15, 0.2) is 0 Å². The third kappa shape index (κ3) is 4.66. The predicted molar refractivity (Wildman–Crippen MR) is 71.7 cm³/mol. The number of hydrogen-bond donors (Lipinski definition) is 2. The third-order valence-corrected chi connectivity index (χ3v) is 3.79. The fourth-order valence-corrected chi connectivity index (χ4v) is 2.74. The summed E-state index contributed by atoms with van der Waals surface area (Å²) in [4.78, 5) is 12.2. The maximum Gasteiger partial charge on any atom is 0.223 e. The molecule has 100 valence electrons. The second-order valence-electron chi connectivity index (χ2n) is 5.34. The van der Waals surface area contributed by atoms with E-state index in [0.29, 0.717) is 0 Å². The van der Waals surface area contributed by atoms with E-state index in [-0.39, 0.29) is 23.9 Å². The molecule has 0 radical (unpaired) electrons. The van der Waals surface area contributed by atoms with Crippen LogP contribution in [0.3, 0.4) is 0 Å². The van der Waals surface area contributed by atoms with Crippen molar-refractivity contribution < 1.29 is 4.79 Å². The van der Waals surface area contributed by atoms with Crippen LogP contribution in [0.2, 0.25) is 0 Å². The van der Waals surface area contributed by atoms with Gasteiger partial charge < -0.3 is 11.1 Å². The van der Waals surface area contributed by atoms with E-state index < -0.39 is 0 Å². The molecular formula is C14H28N2O. The van der Waals surface area contributed by atoms with Crippen molar-refractivity contribution >= 4 is 5.91 Å². The van der Waals surface area contributed by atoms with Gasteiger partial charge in [0, 0.05) is 18.0 Å². The summed E-state index contributed by atoms with van der Waals surface area (Å²) in [6.45, 7) is 4.28. The zero-order chi connectivity index (χ0) is 12.7. The van der Waals surface area contributed by atoms with Gasteiger partial charge in [0.1, 0.15) is 0 Å². The number of hydrogen-bond acceptors (Lipinski definition) is 2. The lowest BCUT2D eigenvalue weighted by Crippen LogP contribution is -2.50. The number of nitrogens with two attached hydrogens (primary N) is 1. The molecule has 3 heteroatoms. The van der Waals surface area contributed by atoms with E-state index in [1.54, 1.807) is 0 Å². The smallest absolute Gasteiger partial charge is 0.223 e. The van der Waals surface area contributed by atoms with E-state index in [2.05, 4.69) is 19.2 Å². The first-order valence-corrected chi connectivity index (χ1v) is 7.25. The molecule has 0 saturated heterocycles. The van der Waals surface area contributed by atoms with Crippen molar-refractivity contribution in [3.05, 3.63) is 0 Å². The van der Waals surface area contributed by atoms with Crippen molar-refractivity contribution in [1.29, 1.82) is 0 Å². The molecule has 1 aliphatic rings. The van der Waals surface area contributed by atoms with Crippen LogP contribution in [0.4, 0.5) is 0 Å². The van der Waals surface area contributed by atoms with E-state index in [4.69, 9.17) is 5.73 Å². The fourth-order valence-electron chi connectivity index (χ4n) is 2.74. The van der Waals surface area contributed by atoms with Crippen LogP contribution < -0.4 is 11.1 Å². The molecule has 0 unspecified atom stereocenters. The average Bonchev–Trinajstić information content (AvgIpc) is 2.32. The summed E-state index contributed by atoms with van der Waals surface area (Å²) >= 11 is 0. The Bertz CT molecular complexity index is 224. The first-order chi connectivity index (χ1) is 8.19. The molecule has 0 bridgehead atoms. The van der Waals surface area contributed by atoms with Crippen molar-refractivity contribution in [1.82, 2.24) is 5.32 Å². The topological polar surface area (TPSA) is 55.1 Å². The molecular weight excluding hydrogens is 212 g/mol. The summed E-state index contributed by atoms with van der Waals surface area (Å²) in [7, 11) is 0. The average molecular weight is 240 g/mol. The molecule has 1 rings (SSSR count). The minimum Gasteiger partial charge on any atom is -0.352 e. The van der Waals surface area contributed by atoms with Gasteiger partial charge in [-0.3, -0.25) is 4.79 Å². The largest absolute Gasteiger partial charge is 0.352 e. The molecule has 2 atom stereocenters. The molecule has 1 fully saturated rings. The molecule has 17 heavy (non-hydrogen) atoms. The zero-order valence-electron chi connectivity index (χ0n) is 11.4. The molecule has 0 aromatic carbocycles. The quantitative estimate of drug-likeness (QED) is 0.750. The van der Waals surface area contributed by atoms with Crippen LogP contribution in [0.5, 0.6) is 0 Å². The normalized spacial score (nSPS) is 24.9. The highest BCUT2D eigenvalue weighted by molar-refractivity contribution is 5.79. The maximum absolute atomic E-state index is 12.2. The maximum atomic E-state index is 12.2. The van der Waals surface area contributed by atoms with Gasteiger partial charge in [0.05, 0.1) is 0 Å². The van der Waals surface area contributed by atoms with Gasteiger partial charge in [-0.25, -0.2) is 0 Å². The second-order valence-corrected chi connectivity index (χ2v) is 5.34. The molecule has 1 amide bonds. The summed E-state index contributed by atoms with van der Waals surface area (Å²) in [5.41, 5.74) is 6.06. The van der Waals surface area contributed by atoms with Gasteiger partial charge in [0.15, 0.2) is 0 Å². The van der Waals surface area contributed by atoms with Crippen LogP contribution in [0.25, 0.3) is 0 Å². The first-order valence-electron chi connectivity index (χ1n) is 7.25. The minimum atomic E-state index is 0.164. The van der Waals surface area contributed by atoms with E-state index in [9.17, 15) is 4.79 Å². The van der Waals surface area contributed by atoms with Crippen molar-refractivity contribution in [2.75, 3.05) is 0 Å². The van der Waals surface area contributed by atoms with Crippen LogP contribution in [0.1, 0.15) is 65.2 Å². The Labute approximate surface area is 106 Å². The van der Waals surface area contributed by atoms with Gasteiger partial charge >= 0.3 is 0 Å². The fraction of sp³-hybridized carbons (Fsp3) is 0.929. The number of nitrogens with one attached hydrogen (secondary N) is 1. The summed E-state index contributed by atoms with van der Waals surface area (Å²) < 4.78 is 0. The van der Waals surface area contributed by atoms with Gasteiger partial charge in [-0.2, -0.15) is 0 Å². The van der Waals surface area contributed by atoms with Gasteiger partial charge in [-0.15, -0.1) is 0 Å². The van der Waals surface area contributed by atoms with E-state index in [0.717, 1.165) is 38.5 Å². The number of rotatable bonds is 6. The highest BCUT2D eigenvalue weighted by Gasteiger charge is 2.25. The zero-order valence-corrected chi connectivity index (χ0v) is 11.4. The van der Waals surface area contributed by atoms with E-state index >= 15 is 0 Å². The van der Waals surface area contributed by atoms with Crippen LogP contribution in [0, 0.1) is 5.92 Å². The number of carbonyl (C=O) groups is 1. The number of amides is 1. The Kier molecular flexibility index (Phi) is 6.56. The summed E-state index contributed by atoms with van der Waals surface area (Å²) in [5, 5.41) is 3.17. The van der Waals surface area contributed by atoms with Gasteiger partial charge in [0.25, 0.3) is 0 Å². The summed E-state index contributed by atoms with van der Waals surface area (Å²) in [6.07, 6.45) is 8.67. The standard InChI is InChI=1S/C14H28N2O/c1-3-7-11(8-4-2)14(17)16-13-10-6-5-9-12(13)15/h11-13H,3-10,15H2,1-2H3,(H,16,17)/t12-,13-/m1/s1. The van der Waals surface area contributed by atoms with E-state index in [1.807, 2.05) is 0 Å². The molecule has 0 aliphatic heterocycles. The molecule has 0 heterocycles. The number of carbonyl (C=O) groups excluding carboxylic acids is 1.